The van der Waals surface area contributed by atoms with Crippen molar-refractivity contribution in [1.29, 1.82) is 0 Å². The summed E-state index contributed by atoms with van der Waals surface area (Å²) >= 11 is 0.884. The van der Waals surface area contributed by atoms with Crippen LogP contribution in [0.2, 0.25) is 0 Å². The van der Waals surface area contributed by atoms with E-state index in [9.17, 15) is 18.0 Å². The molecule has 128 valence electrons. The van der Waals surface area contributed by atoms with Gasteiger partial charge in [-0.3, -0.25) is 5.32 Å². The predicted octanol–water partition coefficient (Wildman–Crippen LogP) is 0.847. The number of sulfonamides is 1. The maximum Gasteiger partial charge on any atom is 0.349 e. The zero-order valence-corrected chi connectivity index (χ0v) is 14.5. The van der Waals surface area contributed by atoms with Gasteiger partial charge in [0, 0.05) is 0 Å². The Bertz CT molecular complexity index is 893. The Morgan fingerprint density at radius 3 is 2.54 bits per heavy atom. The van der Waals surface area contributed by atoms with E-state index in [2.05, 4.69) is 25.2 Å². The van der Waals surface area contributed by atoms with E-state index in [1.165, 1.54) is 11.4 Å². The molecule has 0 aliphatic rings. The van der Waals surface area contributed by atoms with Gasteiger partial charge >= 0.3 is 12.0 Å². The first-order valence-electron chi connectivity index (χ1n) is 6.42. The molecular formula is C12H13N5O5S2. The maximum absolute atomic E-state index is 12.2. The van der Waals surface area contributed by atoms with Crippen LogP contribution in [0.3, 0.4) is 0 Å². The number of rotatable bonds is 4. The molecule has 0 saturated carbocycles. The molecule has 24 heavy (non-hydrogen) atoms. The van der Waals surface area contributed by atoms with E-state index in [1.54, 1.807) is 18.6 Å². The van der Waals surface area contributed by atoms with E-state index in [0.717, 1.165) is 18.4 Å². The number of methoxy groups -OCH3 is 1. The third kappa shape index (κ3) is 3.83. The van der Waals surface area contributed by atoms with Crippen LogP contribution >= 0.6 is 11.3 Å². The number of carbonyl (C=O) groups excluding carboxylic acids is 2. The molecule has 0 aromatic carbocycles. The zero-order chi connectivity index (χ0) is 17.9. The number of nitrogens with one attached hydrogen (secondary N) is 2. The molecule has 0 fully saturated rings. The fourth-order valence-electron chi connectivity index (χ4n) is 1.56. The van der Waals surface area contributed by atoms with Gasteiger partial charge in [-0.1, -0.05) is 0 Å². The third-order valence-corrected chi connectivity index (χ3v) is 5.23. The molecule has 2 heterocycles. The number of amides is 2. The van der Waals surface area contributed by atoms with Crippen molar-refractivity contribution < 1.29 is 22.7 Å². The van der Waals surface area contributed by atoms with Crippen LogP contribution in [-0.2, 0) is 14.8 Å². The van der Waals surface area contributed by atoms with Crippen molar-refractivity contribution in [3.63, 3.8) is 0 Å². The lowest BCUT2D eigenvalue weighted by molar-refractivity contribution is 0.0602. The van der Waals surface area contributed by atoms with Crippen LogP contribution in [0.4, 0.5) is 10.7 Å². The number of hydrogen-bond donors (Lipinski definition) is 2. The summed E-state index contributed by atoms with van der Waals surface area (Å²) in [4.78, 5) is 26.9. The Morgan fingerprint density at radius 1 is 1.21 bits per heavy atom. The van der Waals surface area contributed by atoms with Gasteiger partial charge in [0.1, 0.15) is 9.77 Å². The Labute approximate surface area is 141 Å². The molecule has 0 aliphatic carbocycles. The minimum absolute atomic E-state index is 0.137. The molecule has 0 aliphatic heterocycles. The van der Waals surface area contributed by atoms with Gasteiger partial charge in [-0.05, 0) is 25.3 Å². The van der Waals surface area contributed by atoms with Gasteiger partial charge in [-0.25, -0.2) is 27.7 Å². The van der Waals surface area contributed by atoms with Crippen LogP contribution in [0.5, 0.6) is 0 Å². The van der Waals surface area contributed by atoms with Gasteiger partial charge in [0.05, 0.1) is 18.5 Å². The molecule has 0 spiro atoms. The molecule has 2 N–H and O–H groups in total. The highest BCUT2D eigenvalue weighted by molar-refractivity contribution is 7.90. The average Bonchev–Trinajstić information content (AvgIpc) is 3.00. The summed E-state index contributed by atoms with van der Waals surface area (Å²) in [7, 11) is -3.14. The quantitative estimate of drug-likeness (QED) is 0.754. The van der Waals surface area contributed by atoms with Crippen molar-refractivity contribution in [2.75, 3.05) is 12.4 Å². The molecule has 2 aromatic rings. The molecule has 10 nitrogen and oxygen atoms in total. The molecule has 0 radical (unpaired) electrons. The van der Waals surface area contributed by atoms with Gasteiger partial charge in [-0.2, -0.15) is 5.10 Å². The number of aromatic nitrogens is 3. The number of urea groups is 1. The molecular weight excluding hydrogens is 358 g/mol. The minimum atomic E-state index is -4.27. The second-order valence-corrected chi connectivity index (χ2v) is 7.04. The van der Waals surface area contributed by atoms with E-state index in [-0.39, 0.29) is 15.7 Å². The van der Waals surface area contributed by atoms with Crippen LogP contribution in [-0.4, -0.2) is 42.7 Å². The number of aryl methyl sites for hydroxylation is 2. The largest absolute Gasteiger partial charge is 0.465 e. The summed E-state index contributed by atoms with van der Waals surface area (Å²) in [5.41, 5.74) is 1.11. The molecule has 0 unspecified atom stereocenters. The molecule has 12 heteroatoms. The van der Waals surface area contributed by atoms with Crippen molar-refractivity contribution >= 4 is 39.3 Å². The molecule has 0 bridgehead atoms. The highest BCUT2D eigenvalue weighted by Crippen LogP contribution is 2.22. The summed E-state index contributed by atoms with van der Waals surface area (Å²) in [5, 5.41) is 11.0. The van der Waals surface area contributed by atoms with Crippen LogP contribution in [0.25, 0.3) is 0 Å². The lowest BCUT2D eigenvalue weighted by atomic mass is 10.4. The topological polar surface area (TPSA) is 140 Å². The fourth-order valence-corrected chi connectivity index (χ4v) is 3.81. The SMILES string of the molecule is COC(=O)c1sccc1S(=O)(=O)NC(=O)Nc1nnc(C)c(C)n1. The number of anilines is 1. The number of esters is 1. The number of ether oxygens (including phenoxy) is 1. The van der Waals surface area contributed by atoms with Gasteiger partial charge < -0.3 is 4.74 Å². The maximum atomic E-state index is 12.2. The summed E-state index contributed by atoms with van der Waals surface area (Å²) < 4.78 is 30.7. The number of hydrogen-bond acceptors (Lipinski definition) is 9. The second kappa shape index (κ2) is 6.88. The van der Waals surface area contributed by atoms with Crippen LogP contribution in [0, 0.1) is 13.8 Å². The summed E-state index contributed by atoms with van der Waals surface area (Å²) in [6.07, 6.45) is 0. The molecule has 2 rings (SSSR count). The standard InChI is InChI=1S/C12H13N5O5S2/c1-6-7(2)15-16-11(13-6)14-12(19)17-24(20,21)8-4-5-23-9(8)10(18)22-3/h4-5H,1-3H3,(H2,13,14,16,17,19). The van der Waals surface area contributed by atoms with Crippen molar-refractivity contribution in [3.8, 4) is 0 Å². The fraction of sp³-hybridized carbons (Fsp3) is 0.250. The zero-order valence-electron chi connectivity index (χ0n) is 12.9. The number of thiophene rings is 1. The molecule has 2 amide bonds. The van der Waals surface area contributed by atoms with Gasteiger partial charge in [-0.15, -0.1) is 16.4 Å². The van der Waals surface area contributed by atoms with Gasteiger partial charge in [0.15, 0.2) is 0 Å². The van der Waals surface area contributed by atoms with Crippen molar-refractivity contribution in [2.24, 2.45) is 0 Å². The lowest BCUT2D eigenvalue weighted by Gasteiger charge is -2.08. The van der Waals surface area contributed by atoms with Crippen LogP contribution in [0.15, 0.2) is 16.3 Å². The first-order valence-corrected chi connectivity index (χ1v) is 8.78. The Morgan fingerprint density at radius 2 is 1.92 bits per heavy atom. The van der Waals surface area contributed by atoms with E-state index in [1.807, 2.05) is 0 Å². The third-order valence-electron chi connectivity index (χ3n) is 2.83. The van der Waals surface area contributed by atoms with Crippen molar-refractivity contribution in [2.45, 2.75) is 18.7 Å². The summed E-state index contributed by atoms with van der Waals surface area (Å²) in [5.74, 6) is -0.961. The van der Waals surface area contributed by atoms with E-state index in [4.69, 9.17) is 0 Å². The van der Waals surface area contributed by atoms with E-state index >= 15 is 0 Å². The van der Waals surface area contributed by atoms with E-state index < -0.39 is 22.0 Å². The molecule has 2 aromatic heterocycles. The first kappa shape index (κ1) is 17.7. The minimum Gasteiger partial charge on any atom is -0.465 e. The van der Waals surface area contributed by atoms with Crippen LogP contribution < -0.4 is 10.0 Å². The Balaban J connectivity index is 2.17. The number of nitrogens with zero attached hydrogens (tertiary/aromatic N) is 3. The normalized spacial score (nSPS) is 11.0. The molecule has 0 saturated heterocycles. The van der Waals surface area contributed by atoms with Gasteiger partial charge in [0.2, 0.25) is 0 Å². The summed E-state index contributed by atoms with van der Waals surface area (Å²) in [6, 6.07) is 0.114. The van der Waals surface area contributed by atoms with Crippen molar-refractivity contribution in [3.05, 3.63) is 27.7 Å². The lowest BCUT2D eigenvalue weighted by Crippen LogP contribution is -2.35. The van der Waals surface area contributed by atoms with Crippen molar-refractivity contribution in [1.82, 2.24) is 19.9 Å². The summed E-state index contributed by atoms with van der Waals surface area (Å²) in [6.45, 7) is 3.35. The Hall–Kier alpha value is -2.60. The monoisotopic (exact) mass is 371 g/mol. The second-order valence-electron chi connectivity index (χ2n) is 4.47. The van der Waals surface area contributed by atoms with Gasteiger partial charge in [0.25, 0.3) is 16.0 Å². The Kier molecular flexibility index (Phi) is 5.09. The van der Waals surface area contributed by atoms with E-state index in [0.29, 0.717) is 11.4 Å². The highest BCUT2D eigenvalue weighted by Gasteiger charge is 2.26. The number of carbonyl (C=O) groups is 2. The highest BCUT2D eigenvalue weighted by atomic mass is 32.2. The van der Waals surface area contributed by atoms with Crippen LogP contribution in [0.1, 0.15) is 21.1 Å². The predicted molar refractivity (Wildman–Crippen MR) is 84.3 cm³/mol. The first-order chi connectivity index (χ1) is 11.2. The smallest absolute Gasteiger partial charge is 0.349 e. The average molecular weight is 371 g/mol. The molecule has 0 atom stereocenters.